The van der Waals surface area contributed by atoms with E-state index in [-0.39, 0.29) is 5.92 Å². The van der Waals surface area contributed by atoms with E-state index in [0.717, 1.165) is 28.0 Å². The van der Waals surface area contributed by atoms with Gasteiger partial charge in [-0.05, 0) is 97.2 Å². The van der Waals surface area contributed by atoms with Gasteiger partial charge in [0.15, 0.2) is 0 Å². The predicted molar refractivity (Wildman–Crippen MR) is 217 cm³/mol. The van der Waals surface area contributed by atoms with Gasteiger partial charge in [-0.25, -0.2) is 0 Å². The summed E-state index contributed by atoms with van der Waals surface area (Å²) in [5.74, 6) is 0.115. The van der Waals surface area contributed by atoms with Gasteiger partial charge in [0.2, 0.25) is 0 Å². The zero-order valence-electron chi connectivity index (χ0n) is 27.5. The second-order valence-electron chi connectivity index (χ2n) is 13.1. The summed E-state index contributed by atoms with van der Waals surface area (Å²) in [5, 5.41) is 9.98. The van der Waals surface area contributed by atoms with E-state index >= 15 is 0 Å². The minimum atomic E-state index is 0.115. The fraction of sp³-hybridized carbons (Fsp3) is 0.0417. The fourth-order valence-electron chi connectivity index (χ4n) is 7.64. The molecule has 0 N–H and O–H groups in total. The molecule has 50 heavy (non-hydrogen) atoms. The summed E-state index contributed by atoms with van der Waals surface area (Å²) in [6.07, 6.45) is 0.874. The molecule has 1 atom stereocenters. The highest BCUT2D eigenvalue weighted by Gasteiger charge is 2.22. The molecule has 0 saturated heterocycles. The highest BCUT2D eigenvalue weighted by atomic mass is 79.9. The van der Waals surface area contributed by atoms with Crippen molar-refractivity contribution in [3.63, 3.8) is 0 Å². The second-order valence-corrected chi connectivity index (χ2v) is 14.0. The predicted octanol–water partition coefficient (Wildman–Crippen LogP) is 13.9. The lowest BCUT2D eigenvalue weighted by Crippen LogP contribution is -2.12. The first-order valence-corrected chi connectivity index (χ1v) is 18.0. The molecule has 0 spiro atoms. The molecule has 1 unspecified atom stereocenters. The lowest BCUT2D eigenvalue weighted by atomic mass is 9.83. The van der Waals surface area contributed by atoms with Gasteiger partial charge >= 0.3 is 0 Å². The van der Waals surface area contributed by atoms with Crippen LogP contribution in [0.1, 0.15) is 22.6 Å². The quantitative estimate of drug-likeness (QED) is 0.160. The van der Waals surface area contributed by atoms with Crippen LogP contribution in [0, 0.1) is 0 Å². The Bertz CT molecular complexity index is 2660. The Hall–Kier alpha value is -5.70. The third-order valence-electron chi connectivity index (χ3n) is 10.0. The fourth-order valence-corrected chi connectivity index (χ4v) is 8.13. The minimum absolute atomic E-state index is 0.115. The van der Waals surface area contributed by atoms with Crippen molar-refractivity contribution in [2.75, 3.05) is 4.90 Å². The molecule has 9 aromatic rings. The molecule has 0 aliphatic carbocycles. The average molecular weight is 705 g/mol. The van der Waals surface area contributed by atoms with Crippen LogP contribution < -0.4 is 4.90 Å². The maximum atomic E-state index is 4.00. The highest BCUT2D eigenvalue weighted by Crippen LogP contribution is 2.43. The van der Waals surface area contributed by atoms with Crippen molar-refractivity contribution in [1.82, 2.24) is 0 Å². The van der Waals surface area contributed by atoms with Crippen LogP contribution in [0.25, 0.3) is 43.1 Å². The van der Waals surface area contributed by atoms with Gasteiger partial charge in [-0.2, -0.15) is 0 Å². The third-order valence-corrected chi connectivity index (χ3v) is 10.5. The Kier molecular flexibility index (Phi) is 7.87. The van der Waals surface area contributed by atoms with E-state index in [1.54, 1.807) is 0 Å². The van der Waals surface area contributed by atoms with Crippen molar-refractivity contribution in [2.45, 2.75) is 12.3 Å². The Morgan fingerprint density at radius 2 is 1.00 bits per heavy atom. The van der Waals surface area contributed by atoms with Gasteiger partial charge in [-0.1, -0.05) is 168 Å². The van der Waals surface area contributed by atoms with Crippen LogP contribution in [0.4, 0.5) is 17.1 Å². The van der Waals surface area contributed by atoms with Gasteiger partial charge in [0.25, 0.3) is 0 Å². The molecule has 0 aliphatic heterocycles. The summed E-state index contributed by atoms with van der Waals surface area (Å²) >= 11 is 4.00. The van der Waals surface area contributed by atoms with Crippen molar-refractivity contribution in [2.24, 2.45) is 0 Å². The summed E-state index contributed by atoms with van der Waals surface area (Å²) in [6.45, 7) is 0. The molecule has 0 saturated carbocycles. The van der Waals surface area contributed by atoms with E-state index < -0.39 is 0 Å². The maximum absolute atomic E-state index is 4.00. The van der Waals surface area contributed by atoms with Crippen LogP contribution in [0.2, 0.25) is 0 Å². The first-order valence-electron chi connectivity index (χ1n) is 17.2. The molecular weight excluding hydrogens is 670 g/mol. The molecule has 0 radical (unpaired) electrons. The topological polar surface area (TPSA) is 3.24 Å². The molecule has 9 rings (SSSR count). The largest absolute Gasteiger partial charge is 0.310 e. The zero-order valence-corrected chi connectivity index (χ0v) is 29.1. The molecule has 1 nitrogen and oxygen atoms in total. The highest BCUT2D eigenvalue weighted by molar-refractivity contribution is 9.10. The third kappa shape index (κ3) is 5.72. The van der Waals surface area contributed by atoms with Crippen LogP contribution in [-0.4, -0.2) is 0 Å². The summed E-state index contributed by atoms with van der Waals surface area (Å²) in [6, 6.07) is 68.8. The van der Waals surface area contributed by atoms with Gasteiger partial charge in [0, 0.05) is 27.2 Å². The Balaban J connectivity index is 1.26. The van der Waals surface area contributed by atoms with Crippen LogP contribution in [0.15, 0.2) is 193 Å². The van der Waals surface area contributed by atoms with Crippen molar-refractivity contribution in [3.8, 4) is 0 Å². The van der Waals surface area contributed by atoms with Crippen molar-refractivity contribution >= 4 is 76.1 Å². The van der Waals surface area contributed by atoms with E-state index in [1.165, 1.54) is 59.8 Å². The van der Waals surface area contributed by atoms with Crippen LogP contribution >= 0.6 is 15.9 Å². The van der Waals surface area contributed by atoms with E-state index in [1.807, 2.05) is 0 Å². The number of hydrogen-bond acceptors (Lipinski definition) is 1. The Labute approximate surface area is 301 Å². The summed E-state index contributed by atoms with van der Waals surface area (Å²) < 4.78 is 1.06. The molecule has 0 amide bonds. The smallest absolute Gasteiger partial charge is 0.0540 e. The van der Waals surface area contributed by atoms with Crippen LogP contribution in [0.3, 0.4) is 0 Å². The van der Waals surface area contributed by atoms with Gasteiger partial charge in [-0.3, -0.25) is 0 Å². The Morgan fingerprint density at radius 1 is 0.420 bits per heavy atom. The second kappa shape index (κ2) is 13.0. The molecule has 0 aliphatic rings. The van der Waals surface area contributed by atoms with E-state index in [4.69, 9.17) is 0 Å². The lowest BCUT2D eigenvalue weighted by molar-refractivity contribution is 0.812. The lowest BCUT2D eigenvalue weighted by Gasteiger charge is -2.29. The number of rotatable bonds is 7. The SMILES string of the molecule is Brc1cc(C(Cc2ccc3ccccc3c2)c2cccc3ccccc23)cc(N(c2ccc3ccccc3c2)c2cccc3ccccc23)c1. The molecule has 0 bridgehead atoms. The molecule has 9 aromatic carbocycles. The summed E-state index contributed by atoms with van der Waals surface area (Å²) in [4.78, 5) is 2.43. The molecule has 2 heteroatoms. The first-order chi connectivity index (χ1) is 24.7. The molecular formula is C48H34BrN. The summed E-state index contributed by atoms with van der Waals surface area (Å²) in [5.41, 5.74) is 7.32. The number of anilines is 3. The molecule has 0 heterocycles. The number of nitrogens with zero attached hydrogens (tertiary/aromatic N) is 1. The van der Waals surface area contributed by atoms with Gasteiger partial charge < -0.3 is 4.90 Å². The minimum Gasteiger partial charge on any atom is -0.310 e. The molecule has 0 aromatic heterocycles. The van der Waals surface area contributed by atoms with E-state index in [2.05, 4.69) is 209 Å². The monoisotopic (exact) mass is 703 g/mol. The van der Waals surface area contributed by atoms with Gasteiger partial charge in [0.05, 0.1) is 5.69 Å². The normalized spacial score (nSPS) is 12.1. The molecule has 238 valence electrons. The Morgan fingerprint density at radius 3 is 1.76 bits per heavy atom. The van der Waals surface area contributed by atoms with Crippen LogP contribution in [-0.2, 0) is 6.42 Å². The number of hydrogen-bond donors (Lipinski definition) is 0. The number of halogens is 1. The van der Waals surface area contributed by atoms with Crippen molar-refractivity contribution < 1.29 is 0 Å². The van der Waals surface area contributed by atoms with E-state index in [9.17, 15) is 0 Å². The van der Waals surface area contributed by atoms with E-state index in [0.29, 0.717) is 0 Å². The standard InChI is InChI=1S/C48H34BrN/c49-41-29-40(47(46-21-9-17-36-13-5-7-19-44(36)46)28-33-23-24-34-11-1-3-15-38(34)27-33)31-43(32-41)50(42-26-25-35-12-2-4-16-39(35)30-42)48-22-10-18-37-14-6-8-20-45(37)48/h1-27,29-32,47H,28H2. The van der Waals surface area contributed by atoms with Crippen molar-refractivity contribution in [3.05, 3.63) is 209 Å². The maximum Gasteiger partial charge on any atom is 0.0540 e. The van der Waals surface area contributed by atoms with Gasteiger partial charge in [-0.15, -0.1) is 0 Å². The number of fused-ring (bicyclic) bond motifs is 4. The zero-order chi connectivity index (χ0) is 33.4. The number of benzene rings is 9. The first kappa shape index (κ1) is 30.4. The van der Waals surface area contributed by atoms with Crippen LogP contribution in [0.5, 0.6) is 0 Å². The molecule has 0 fully saturated rings. The average Bonchev–Trinajstić information content (AvgIpc) is 3.17. The van der Waals surface area contributed by atoms with Gasteiger partial charge in [0.1, 0.15) is 0 Å². The summed E-state index contributed by atoms with van der Waals surface area (Å²) in [7, 11) is 0. The van der Waals surface area contributed by atoms with Crippen molar-refractivity contribution in [1.29, 1.82) is 0 Å².